The summed E-state index contributed by atoms with van der Waals surface area (Å²) in [4.78, 5) is 40.4. The standard InChI is InChI=1S/C34H40O7/c1-18(2)25-27(37)23(19(3)35)29(39)34(41)30(40)26-28(38)24-21(16-32(26,5)17-33(25,34)6)20(10-11-22(24)36)12-15-31(4)13-8-7-9-14-31/h10-11,18,25,36-37,40-41H,7-9,13-14,16-17H2,1-6H3/t25?,32-,33-,34+/m1/s1. The van der Waals surface area contributed by atoms with Gasteiger partial charge in [-0.2, -0.15) is 0 Å². The van der Waals surface area contributed by atoms with Gasteiger partial charge in [-0.3, -0.25) is 14.4 Å². The zero-order valence-corrected chi connectivity index (χ0v) is 24.8. The van der Waals surface area contributed by atoms with E-state index >= 15 is 0 Å². The fraction of sp³-hybridized carbons (Fsp3) is 0.559. The number of fused-ring (bicyclic) bond motifs is 3. The zero-order chi connectivity index (χ0) is 30.3. The molecule has 5 rings (SSSR count). The first kappa shape index (κ1) is 29.1. The van der Waals surface area contributed by atoms with Crippen molar-refractivity contribution in [3.63, 3.8) is 0 Å². The molecule has 1 aromatic carbocycles. The molecule has 0 saturated heterocycles. The maximum atomic E-state index is 14.2. The second kappa shape index (κ2) is 9.32. The third kappa shape index (κ3) is 3.94. The predicted octanol–water partition coefficient (Wildman–Crippen LogP) is 5.67. The Kier molecular flexibility index (Phi) is 6.62. The van der Waals surface area contributed by atoms with Crippen LogP contribution in [0.5, 0.6) is 5.75 Å². The molecule has 0 radical (unpaired) electrons. The molecule has 7 heteroatoms. The van der Waals surface area contributed by atoms with Gasteiger partial charge in [-0.05, 0) is 63.1 Å². The molecule has 218 valence electrons. The van der Waals surface area contributed by atoms with Crippen LogP contribution in [-0.2, 0) is 16.0 Å². The quantitative estimate of drug-likeness (QED) is 0.271. The van der Waals surface area contributed by atoms with Crippen LogP contribution < -0.4 is 0 Å². The molecule has 4 aliphatic carbocycles. The normalized spacial score (nSPS) is 32.6. The highest BCUT2D eigenvalue weighted by atomic mass is 16.3. The van der Waals surface area contributed by atoms with Crippen molar-refractivity contribution in [2.45, 2.75) is 92.1 Å². The molecule has 0 aliphatic heterocycles. The Hall–Kier alpha value is -3.37. The number of rotatable bonds is 2. The average molecular weight is 561 g/mol. The number of benzene rings is 1. The van der Waals surface area contributed by atoms with E-state index in [0.717, 1.165) is 32.6 Å². The molecule has 7 nitrogen and oxygen atoms in total. The molecular formula is C34H40O7. The van der Waals surface area contributed by atoms with Gasteiger partial charge >= 0.3 is 0 Å². The van der Waals surface area contributed by atoms with Crippen molar-refractivity contribution < 1.29 is 34.8 Å². The van der Waals surface area contributed by atoms with Crippen LogP contribution >= 0.6 is 0 Å². The van der Waals surface area contributed by atoms with Gasteiger partial charge in [0.1, 0.15) is 22.8 Å². The van der Waals surface area contributed by atoms with Crippen LogP contribution in [0.4, 0.5) is 0 Å². The van der Waals surface area contributed by atoms with Crippen LogP contribution in [0.25, 0.3) is 0 Å². The largest absolute Gasteiger partial charge is 0.511 e. The van der Waals surface area contributed by atoms with E-state index in [2.05, 4.69) is 18.8 Å². The number of aromatic hydroxyl groups is 1. The van der Waals surface area contributed by atoms with Crippen LogP contribution in [-0.4, -0.2) is 43.4 Å². The van der Waals surface area contributed by atoms with Gasteiger partial charge in [-0.15, -0.1) is 0 Å². The van der Waals surface area contributed by atoms with Crippen LogP contribution in [0.1, 0.15) is 102 Å². The minimum atomic E-state index is -2.61. The smallest absolute Gasteiger partial charge is 0.209 e. The maximum Gasteiger partial charge on any atom is 0.209 e. The summed E-state index contributed by atoms with van der Waals surface area (Å²) in [5.41, 5.74) is -4.74. The van der Waals surface area contributed by atoms with Crippen molar-refractivity contribution in [3.05, 3.63) is 51.5 Å². The highest BCUT2D eigenvalue weighted by Gasteiger charge is 2.71. The van der Waals surface area contributed by atoms with Crippen LogP contribution in [0, 0.1) is 39.9 Å². The molecule has 0 spiro atoms. The van der Waals surface area contributed by atoms with Crippen molar-refractivity contribution in [1.82, 2.24) is 0 Å². The number of hydrogen-bond donors (Lipinski definition) is 4. The van der Waals surface area contributed by atoms with E-state index in [4.69, 9.17) is 0 Å². The molecule has 4 N–H and O–H groups in total. The monoisotopic (exact) mass is 560 g/mol. The number of aliphatic hydroxyl groups excluding tert-OH is 2. The van der Waals surface area contributed by atoms with Gasteiger partial charge < -0.3 is 20.4 Å². The van der Waals surface area contributed by atoms with E-state index in [1.54, 1.807) is 19.9 Å². The van der Waals surface area contributed by atoms with Gasteiger partial charge in [-0.1, -0.05) is 58.8 Å². The number of ketones is 3. The van der Waals surface area contributed by atoms with E-state index in [1.165, 1.54) is 12.5 Å². The number of Topliss-reactive ketones (excluding diaryl/α,β-unsaturated/α-hetero) is 3. The van der Waals surface area contributed by atoms with Crippen molar-refractivity contribution in [2.75, 3.05) is 0 Å². The zero-order valence-electron chi connectivity index (χ0n) is 24.8. The van der Waals surface area contributed by atoms with Gasteiger partial charge in [-0.25, -0.2) is 0 Å². The Bertz CT molecular complexity index is 1510. The molecule has 41 heavy (non-hydrogen) atoms. The van der Waals surface area contributed by atoms with E-state index in [0.29, 0.717) is 11.1 Å². The fourth-order valence-corrected chi connectivity index (χ4v) is 8.52. The molecular weight excluding hydrogens is 520 g/mol. The predicted molar refractivity (Wildman–Crippen MR) is 153 cm³/mol. The summed E-state index contributed by atoms with van der Waals surface area (Å²) < 4.78 is 0. The summed E-state index contributed by atoms with van der Waals surface area (Å²) in [5.74, 6) is 1.59. The van der Waals surface area contributed by atoms with Crippen LogP contribution in [0.15, 0.2) is 34.8 Å². The molecule has 4 aliphatic rings. The highest BCUT2D eigenvalue weighted by Crippen LogP contribution is 2.65. The number of aliphatic hydroxyl groups is 3. The molecule has 0 amide bonds. The third-order valence-corrected chi connectivity index (χ3v) is 10.3. The molecule has 1 fully saturated rings. The molecule has 0 aromatic heterocycles. The Balaban J connectivity index is 1.73. The molecule has 1 aromatic rings. The van der Waals surface area contributed by atoms with Gasteiger partial charge in [0.15, 0.2) is 17.2 Å². The summed E-state index contributed by atoms with van der Waals surface area (Å²) >= 11 is 0. The number of hydrogen-bond acceptors (Lipinski definition) is 7. The van der Waals surface area contributed by atoms with Gasteiger partial charge in [0.05, 0.1) is 5.56 Å². The Labute approximate surface area is 241 Å². The summed E-state index contributed by atoms with van der Waals surface area (Å²) in [5, 5.41) is 46.0. The van der Waals surface area contributed by atoms with Gasteiger partial charge in [0, 0.05) is 33.3 Å². The number of phenolic OH excluding ortho intramolecular Hbond substituents is 1. The minimum Gasteiger partial charge on any atom is -0.511 e. The average Bonchev–Trinajstić information content (AvgIpc) is 2.85. The van der Waals surface area contributed by atoms with Gasteiger partial charge in [0.25, 0.3) is 0 Å². The minimum absolute atomic E-state index is 0.00525. The van der Waals surface area contributed by atoms with E-state index < -0.39 is 56.8 Å². The van der Waals surface area contributed by atoms with Crippen molar-refractivity contribution in [3.8, 4) is 17.6 Å². The first-order chi connectivity index (χ1) is 19.0. The molecule has 0 bridgehead atoms. The lowest BCUT2D eigenvalue weighted by atomic mass is 9.44. The van der Waals surface area contributed by atoms with E-state index in [1.807, 2.05) is 13.8 Å². The summed E-state index contributed by atoms with van der Waals surface area (Å²) in [6.07, 6.45) is 5.71. The Morgan fingerprint density at radius 3 is 2.24 bits per heavy atom. The fourth-order valence-electron chi connectivity index (χ4n) is 8.52. The van der Waals surface area contributed by atoms with Crippen LogP contribution in [0.2, 0.25) is 0 Å². The number of phenols is 1. The Morgan fingerprint density at radius 1 is 1.02 bits per heavy atom. The number of carbonyl (C=O) groups excluding carboxylic acids is 3. The third-order valence-electron chi connectivity index (χ3n) is 10.3. The SMILES string of the molecule is CC(=O)C1=C(O)C(C(C)C)[C@@]2(C)C[C@@]3(C)Cc4c(C#CC5(C)CCCCC5)ccc(O)c4C(=O)C3=C(O)[C@@]2(O)C1=O. The molecule has 4 atom stereocenters. The molecule has 1 unspecified atom stereocenters. The Morgan fingerprint density at radius 2 is 1.66 bits per heavy atom. The lowest BCUT2D eigenvalue weighted by Crippen LogP contribution is -2.67. The summed E-state index contributed by atoms with van der Waals surface area (Å²) in [6.45, 7) is 10.3. The lowest BCUT2D eigenvalue weighted by molar-refractivity contribution is -0.171. The number of carbonyl (C=O) groups is 3. The van der Waals surface area contributed by atoms with Crippen LogP contribution in [0.3, 0.4) is 0 Å². The van der Waals surface area contributed by atoms with Gasteiger partial charge in [0.2, 0.25) is 5.78 Å². The second-order valence-corrected chi connectivity index (χ2v) is 13.8. The van der Waals surface area contributed by atoms with Crippen molar-refractivity contribution in [1.29, 1.82) is 0 Å². The summed E-state index contributed by atoms with van der Waals surface area (Å²) in [7, 11) is 0. The van der Waals surface area contributed by atoms with E-state index in [-0.39, 0.29) is 41.1 Å². The molecule has 0 heterocycles. The highest BCUT2D eigenvalue weighted by molar-refractivity contribution is 6.25. The molecule has 1 saturated carbocycles. The lowest BCUT2D eigenvalue weighted by Gasteiger charge is -2.59. The van der Waals surface area contributed by atoms with Crippen molar-refractivity contribution >= 4 is 17.3 Å². The topological polar surface area (TPSA) is 132 Å². The maximum absolute atomic E-state index is 14.2. The van der Waals surface area contributed by atoms with Crippen molar-refractivity contribution in [2.24, 2.45) is 28.1 Å². The first-order valence-electron chi connectivity index (χ1n) is 14.6. The van der Waals surface area contributed by atoms with E-state index in [9.17, 15) is 34.8 Å². The first-order valence-corrected chi connectivity index (χ1v) is 14.6. The number of allylic oxidation sites excluding steroid dienone is 2. The summed E-state index contributed by atoms with van der Waals surface area (Å²) in [6, 6.07) is 3.13. The second-order valence-electron chi connectivity index (χ2n) is 13.8.